The van der Waals surface area contributed by atoms with E-state index in [-0.39, 0.29) is 10.7 Å². The Morgan fingerprint density at radius 3 is 2.69 bits per heavy atom. The van der Waals surface area contributed by atoms with E-state index in [2.05, 4.69) is 21.2 Å². The molecule has 6 nitrogen and oxygen atoms in total. The van der Waals surface area contributed by atoms with Crippen molar-refractivity contribution in [3.05, 3.63) is 57.0 Å². The van der Waals surface area contributed by atoms with Crippen LogP contribution in [0.3, 0.4) is 0 Å². The van der Waals surface area contributed by atoms with E-state index in [1.807, 2.05) is 6.92 Å². The molecule has 1 N–H and O–H groups in total. The van der Waals surface area contributed by atoms with Crippen LogP contribution in [-0.4, -0.2) is 30.6 Å². The number of thiocarbonyl (C=S) groups is 1. The first-order chi connectivity index (χ1) is 13.8. The van der Waals surface area contributed by atoms with E-state index in [0.29, 0.717) is 38.9 Å². The number of ether oxygens (including phenoxy) is 2. The number of hydrogen-bond donors (Lipinski definition) is 1. The second-order valence-corrected chi connectivity index (χ2v) is 7.58. The number of hydrogen-bond acceptors (Lipinski definition) is 5. The van der Waals surface area contributed by atoms with Gasteiger partial charge in [0.2, 0.25) is 0 Å². The molecule has 1 heterocycles. The highest BCUT2D eigenvalue weighted by atomic mass is 79.9. The number of halogens is 2. The Bertz CT molecular complexity index is 1040. The standard InChI is InChI=1S/C20H16BrClN2O4S/c1-3-28-16-9-11(8-15(21)17(16)27-2)7-14-18(25)23-20(29)24(19(14)26)13-6-4-5-12(22)10-13/h4-10H,3H2,1-2H3,(H,23,25,29)/b14-7+. The number of nitrogens with zero attached hydrogens (tertiary/aromatic N) is 1. The lowest BCUT2D eigenvalue weighted by Gasteiger charge is -2.29. The van der Waals surface area contributed by atoms with Gasteiger partial charge in [-0.1, -0.05) is 17.7 Å². The normalized spacial score (nSPS) is 15.5. The van der Waals surface area contributed by atoms with Crippen LogP contribution in [0.2, 0.25) is 5.02 Å². The lowest BCUT2D eigenvalue weighted by Crippen LogP contribution is -2.54. The second-order valence-electron chi connectivity index (χ2n) is 5.90. The minimum Gasteiger partial charge on any atom is -0.492 e. The summed E-state index contributed by atoms with van der Waals surface area (Å²) in [6.45, 7) is 2.28. The van der Waals surface area contributed by atoms with Crippen LogP contribution in [0.15, 0.2) is 46.4 Å². The molecule has 9 heteroatoms. The number of anilines is 1. The molecule has 2 amide bonds. The van der Waals surface area contributed by atoms with Crippen LogP contribution < -0.4 is 19.7 Å². The number of carbonyl (C=O) groups is 2. The Morgan fingerprint density at radius 1 is 1.28 bits per heavy atom. The van der Waals surface area contributed by atoms with Gasteiger partial charge in [0, 0.05) is 5.02 Å². The minimum absolute atomic E-state index is 0.00895. The topological polar surface area (TPSA) is 67.9 Å². The van der Waals surface area contributed by atoms with Crippen LogP contribution in [-0.2, 0) is 9.59 Å². The highest BCUT2D eigenvalue weighted by molar-refractivity contribution is 9.10. The van der Waals surface area contributed by atoms with Crippen LogP contribution in [0.1, 0.15) is 12.5 Å². The van der Waals surface area contributed by atoms with Crippen LogP contribution in [0.25, 0.3) is 6.08 Å². The average molecular weight is 496 g/mol. The zero-order chi connectivity index (χ0) is 21.1. The van der Waals surface area contributed by atoms with E-state index in [1.54, 1.807) is 36.4 Å². The number of benzene rings is 2. The molecule has 0 spiro atoms. The Labute approximate surface area is 186 Å². The number of rotatable bonds is 5. The quantitative estimate of drug-likeness (QED) is 0.380. The molecule has 0 atom stereocenters. The molecule has 3 rings (SSSR count). The van der Waals surface area contributed by atoms with Crippen molar-refractivity contribution in [2.24, 2.45) is 0 Å². The van der Waals surface area contributed by atoms with Gasteiger partial charge in [-0.3, -0.25) is 19.8 Å². The summed E-state index contributed by atoms with van der Waals surface area (Å²) in [5.41, 5.74) is 0.973. The SMILES string of the molecule is CCOc1cc(/C=C2\C(=O)NC(=S)N(c3cccc(Cl)c3)C2=O)cc(Br)c1OC. The Hall–Kier alpha value is -2.42. The maximum atomic E-state index is 13.1. The van der Waals surface area contributed by atoms with Crippen LogP contribution in [0.5, 0.6) is 11.5 Å². The molecule has 0 radical (unpaired) electrons. The van der Waals surface area contributed by atoms with Gasteiger partial charge in [-0.15, -0.1) is 0 Å². The molecule has 150 valence electrons. The molecule has 0 aliphatic carbocycles. The molecular formula is C20H16BrClN2O4S. The first kappa shape index (κ1) is 21.3. The van der Waals surface area contributed by atoms with Crippen LogP contribution in [0.4, 0.5) is 5.69 Å². The van der Waals surface area contributed by atoms with Gasteiger partial charge < -0.3 is 9.47 Å². The van der Waals surface area contributed by atoms with Crippen molar-refractivity contribution in [2.75, 3.05) is 18.6 Å². The molecule has 2 aromatic rings. The Kier molecular flexibility index (Phi) is 6.56. The third kappa shape index (κ3) is 4.44. The van der Waals surface area contributed by atoms with Crippen molar-refractivity contribution < 1.29 is 19.1 Å². The van der Waals surface area contributed by atoms with Crippen molar-refractivity contribution in [3.63, 3.8) is 0 Å². The first-order valence-electron chi connectivity index (χ1n) is 8.53. The van der Waals surface area contributed by atoms with Crippen molar-refractivity contribution >= 4 is 68.4 Å². The van der Waals surface area contributed by atoms with Gasteiger partial charge in [0.15, 0.2) is 16.6 Å². The predicted octanol–water partition coefficient (Wildman–Crippen LogP) is 4.34. The van der Waals surface area contributed by atoms with Gasteiger partial charge in [-0.05, 0) is 77.0 Å². The fourth-order valence-electron chi connectivity index (χ4n) is 2.81. The van der Waals surface area contributed by atoms with E-state index < -0.39 is 11.8 Å². The van der Waals surface area contributed by atoms with Crippen LogP contribution >= 0.6 is 39.7 Å². The van der Waals surface area contributed by atoms with Crippen molar-refractivity contribution in [1.82, 2.24) is 5.32 Å². The summed E-state index contributed by atoms with van der Waals surface area (Å²) < 4.78 is 11.6. The third-order valence-corrected chi connectivity index (χ3v) is 5.12. The van der Waals surface area contributed by atoms with Gasteiger partial charge >= 0.3 is 0 Å². The maximum Gasteiger partial charge on any atom is 0.270 e. The van der Waals surface area contributed by atoms with E-state index in [1.165, 1.54) is 18.1 Å². The van der Waals surface area contributed by atoms with Gasteiger partial charge in [0.05, 0.1) is 23.9 Å². The second kappa shape index (κ2) is 8.94. The summed E-state index contributed by atoms with van der Waals surface area (Å²) in [4.78, 5) is 26.8. The van der Waals surface area contributed by atoms with Gasteiger partial charge in [0.25, 0.3) is 11.8 Å². The molecule has 1 aliphatic heterocycles. The number of amides is 2. The molecule has 0 bridgehead atoms. The molecule has 0 unspecified atom stereocenters. The molecule has 29 heavy (non-hydrogen) atoms. The molecular weight excluding hydrogens is 480 g/mol. The largest absolute Gasteiger partial charge is 0.492 e. The van der Waals surface area contributed by atoms with Crippen molar-refractivity contribution in [2.45, 2.75) is 6.92 Å². The highest BCUT2D eigenvalue weighted by Gasteiger charge is 2.34. The summed E-state index contributed by atoms with van der Waals surface area (Å²) in [7, 11) is 1.53. The lowest BCUT2D eigenvalue weighted by atomic mass is 10.1. The molecule has 1 fully saturated rings. The van der Waals surface area contributed by atoms with E-state index in [4.69, 9.17) is 33.3 Å². The Balaban J connectivity index is 2.05. The zero-order valence-corrected chi connectivity index (χ0v) is 18.7. The first-order valence-corrected chi connectivity index (χ1v) is 10.1. The van der Waals surface area contributed by atoms with Crippen molar-refractivity contribution in [1.29, 1.82) is 0 Å². The maximum absolute atomic E-state index is 13.1. The van der Waals surface area contributed by atoms with E-state index in [9.17, 15) is 9.59 Å². The Morgan fingerprint density at radius 2 is 2.03 bits per heavy atom. The molecule has 0 saturated carbocycles. The van der Waals surface area contributed by atoms with E-state index >= 15 is 0 Å². The fourth-order valence-corrected chi connectivity index (χ4v) is 3.89. The average Bonchev–Trinajstić information content (AvgIpc) is 2.65. The van der Waals surface area contributed by atoms with Gasteiger partial charge in [0.1, 0.15) is 5.57 Å². The number of methoxy groups -OCH3 is 1. The predicted molar refractivity (Wildman–Crippen MR) is 120 cm³/mol. The van der Waals surface area contributed by atoms with E-state index in [0.717, 1.165) is 0 Å². The monoisotopic (exact) mass is 494 g/mol. The zero-order valence-electron chi connectivity index (χ0n) is 15.5. The van der Waals surface area contributed by atoms with Gasteiger partial charge in [-0.2, -0.15) is 0 Å². The third-order valence-electron chi connectivity index (χ3n) is 4.01. The smallest absolute Gasteiger partial charge is 0.270 e. The molecule has 0 aromatic heterocycles. The number of nitrogens with one attached hydrogen (secondary N) is 1. The fraction of sp³-hybridized carbons (Fsp3) is 0.150. The number of carbonyl (C=O) groups excluding carboxylic acids is 2. The summed E-state index contributed by atoms with van der Waals surface area (Å²) in [6.07, 6.45) is 1.48. The highest BCUT2D eigenvalue weighted by Crippen LogP contribution is 2.37. The summed E-state index contributed by atoms with van der Waals surface area (Å²) >= 11 is 14.6. The molecule has 1 saturated heterocycles. The summed E-state index contributed by atoms with van der Waals surface area (Å²) in [5, 5.41) is 2.98. The summed E-state index contributed by atoms with van der Waals surface area (Å²) in [6, 6.07) is 10.1. The molecule has 2 aromatic carbocycles. The summed E-state index contributed by atoms with van der Waals surface area (Å²) in [5.74, 6) is -0.119. The lowest BCUT2D eigenvalue weighted by molar-refractivity contribution is -0.122. The minimum atomic E-state index is -0.580. The van der Waals surface area contributed by atoms with Crippen LogP contribution in [0, 0.1) is 0 Å². The van der Waals surface area contributed by atoms with Crippen molar-refractivity contribution in [3.8, 4) is 11.5 Å². The van der Waals surface area contributed by atoms with Gasteiger partial charge in [-0.25, -0.2) is 0 Å². The molecule has 1 aliphatic rings.